The lowest BCUT2D eigenvalue weighted by atomic mass is 10.3. The molecule has 1 aliphatic heterocycles. The molecule has 1 aliphatic rings. The highest BCUT2D eigenvalue weighted by Crippen LogP contribution is 2.16. The van der Waals surface area contributed by atoms with Crippen LogP contribution in [0.1, 0.15) is 6.42 Å². The standard InChI is InChI=1S/C11H17N3O.C4H4O4/c1-15-11-4-3-10(9-13-11)14-7-2-5-12-6-8-14;5-3(6)1-2-4(7)8/h3-4,9,12H,2,5-8H2,1H3;1-2H,(H,5,6)(H,7,8)/b;2-1+. The van der Waals surface area contributed by atoms with Crippen molar-refractivity contribution in [1.29, 1.82) is 0 Å². The minimum atomic E-state index is -1.26. The van der Waals surface area contributed by atoms with Gasteiger partial charge in [0.25, 0.3) is 0 Å². The highest BCUT2D eigenvalue weighted by Gasteiger charge is 2.09. The van der Waals surface area contributed by atoms with E-state index in [0.717, 1.165) is 26.2 Å². The van der Waals surface area contributed by atoms with E-state index in [-0.39, 0.29) is 0 Å². The minimum Gasteiger partial charge on any atom is -0.481 e. The fourth-order valence-electron chi connectivity index (χ4n) is 1.93. The second-order valence-corrected chi connectivity index (χ2v) is 4.66. The van der Waals surface area contributed by atoms with Crippen LogP contribution in [-0.2, 0) is 9.59 Å². The van der Waals surface area contributed by atoms with Gasteiger partial charge in [-0.3, -0.25) is 0 Å². The van der Waals surface area contributed by atoms with Gasteiger partial charge in [-0.25, -0.2) is 14.6 Å². The van der Waals surface area contributed by atoms with Gasteiger partial charge in [-0.15, -0.1) is 0 Å². The molecule has 8 heteroatoms. The fraction of sp³-hybridized carbons (Fsp3) is 0.400. The summed E-state index contributed by atoms with van der Waals surface area (Å²) in [6.45, 7) is 4.31. The van der Waals surface area contributed by atoms with E-state index in [2.05, 4.69) is 21.3 Å². The number of aromatic nitrogens is 1. The number of ether oxygens (including phenoxy) is 1. The molecule has 0 spiro atoms. The average molecular weight is 323 g/mol. The number of hydrogen-bond acceptors (Lipinski definition) is 6. The number of rotatable bonds is 4. The van der Waals surface area contributed by atoms with Crippen LogP contribution in [0.4, 0.5) is 5.69 Å². The third-order valence-corrected chi connectivity index (χ3v) is 3.00. The van der Waals surface area contributed by atoms with Crippen LogP contribution in [0.3, 0.4) is 0 Å². The number of pyridine rings is 1. The summed E-state index contributed by atoms with van der Waals surface area (Å²) in [6, 6.07) is 3.98. The van der Waals surface area contributed by atoms with E-state index < -0.39 is 11.9 Å². The number of nitrogens with one attached hydrogen (secondary N) is 1. The van der Waals surface area contributed by atoms with Gasteiger partial charge in [0, 0.05) is 37.9 Å². The largest absolute Gasteiger partial charge is 0.481 e. The molecule has 0 atom stereocenters. The molecule has 8 nitrogen and oxygen atoms in total. The molecule has 126 valence electrons. The number of aliphatic carboxylic acids is 2. The van der Waals surface area contributed by atoms with Crippen molar-refractivity contribution in [2.75, 3.05) is 38.2 Å². The second-order valence-electron chi connectivity index (χ2n) is 4.66. The summed E-state index contributed by atoms with van der Waals surface area (Å²) >= 11 is 0. The Bertz CT molecular complexity index is 506. The molecule has 1 fully saturated rings. The van der Waals surface area contributed by atoms with Gasteiger partial charge >= 0.3 is 11.9 Å². The van der Waals surface area contributed by atoms with E-state index >= 15 is 0 Å². The van der Waals surface area contributed by atoms with Crippen LogP contribution in [0.25, 0.3) is 0 Å². The molecule has 1 aromatic rings. The van der Waals surface area contributed by atoms with Gasteiger partial charge in [0.05, 0.1) is 19.0 Å². The Morgan fingerprint density at radius 2 is 1.91 bits per heavy atom. The summed E-state index contributed by atoms with van der Waals surface area (Å²) in [5.74, 6) is -1.84. The highest BCUT2D eigenvalue weighted by molar-refractivity contribution is 5.89. The van der Waals surface area contributed by atoms with E-state index in [4.69, 9.17) is 14.9 Å². The van der Waals surface area contributed by atoms with E-state index in [1.807, 2.05) is 12.3 Å². The van der Waals surface area contributed by atoms with Gasteiger partial charge in [0.15, 0.2) is 0 Å². The third kappa shape index (κ3) is 7.82. The van der Waals surface area contributed by atoms with E-state index in [9.17, 15) is 9.59 Å². The van der Waals surface area contributed by atoms with Crippen molar-refractivity contribution >= 4 is 17.6 Å². The molecule has 0 bridgehead atoms. The highest BCUT2D eigenvalue weighted by atomic mass is 16.5. The first-order valence-electron chi connectivity index (χ1n) is 7.12. The normalized spacial score (nSPS) is 14.6. The number of hydrogen-bond donors (Lipinski definition) is 3. The van der Waals surface area contributed by atoms with E-state index in [1.165, 1.54) is 12.1 Å². The summed E-state index contributed by atoms with van der Waals surface area (Å²) in [7, 11) is 1.64. The molecule has 1 aromatic heterocycles. The maximum absolute atomic E-state index is 9.55. The Morgan fingerprint density at radius 1 is 1.22 bits per heavy atom. The number of carboxylic acid groups (broad SMARTS) is 2. The van der Waals surface area contributed by atoms with Gasteiger partial charge in [-0.2, -0.15) is 0 Å². The number of anilines is 1. The van der Waals surface area contributed by atoms with Crippen LogP contribution in [0, 0.1) is 0 Å². The number of carbonyl (C=O) groups is 2. The van der Waals surface area contributed by atoms with Crippen LogP contribution >= 0.6 is 0 Å². The van der Waals surface area contributed by atoms with Crippen LogP contribution in [0.5, 0.6) is 5.88 Å². The van der Waals surface area contributed by atoms with Gasteiger partial charge < -0.3 is 25.2 Å². The SMILES string of the molecule is COc1ccc(N2CCCNCC2)cn1.O=C(O)/C=C/C(=O)O. The predicted octanol–water partition coefficient (Wildman–Crippen LogP) is 0.602. The fourth-order valence-corrected chi connectivity index (χ4v) is 1.93. The van der Waals surface area contributed by atoms with Crippen LogP contribution in [0.2, 0.25) is 0 Å². The van der Waals surface area contributed by atoms with E-state index in [0.29, 0.717) is 18.0 Å². The van der Waals surface area contributed by atoms with Gasteiger partial charge in [0.2, 0.25) is 5.88 Å². The smallest absolute Gasteiger partial charge is 0.328 e. The zero-order chi connectivity index (χ0) is 17.1. The third-order valence-electron chi connectivity index (χ3n) is 3.00. The predicted molar refractivity (Wildman–Crippen MR) is 84.9 cm³/mol. The molecule has 0 saturated carbocycles. The quantitative estimate of drug-likeness (QED) is 0.691. The van der Waals surface area contributed by atoms with Crippen molar-refractivity contribution in [3.63, 3.8) is 0 Å². The van der Waals surface area contributed by atoms with Gasteiger partial charge in [0.1, 0.15) is 0 Å². The summed E-state index contributed by atoms with van der Waals surface area (Å²) in [6.07, 6.45) is 4.18. The van der Waals surface area contributed by atoms with Crippen molar-refractivity contribution < 1.29 is 24.5 Å². The molecule has 0 aliphatic carbocycles. The first kappa shape index (κ1) is 18.4. The van der Waals surface area contributed by atoms with Crippen molar-refractivity contribution in [1.82, 2.24) is 10.3 Å². The van der Waals surface area contributed by atoms with Crippen LogP contribution < -0.4 is 15.0 Å². The molecule has 1 saturated heterocycles. The Morgan fingerprint density at radius 3 is 2.43 bits per heavy atom. The Labute approximate surface area is 134 Å². The van der Waals surface area contributed by atoms with Crippen molar-refractivity contribution in [3.05, 3.63) is 30.5 Å². The molecular weight excluding hydrogens is 302 g/mol. The Hall–Kier alpha value is -2.61. The number of nitrogens with zero attached hydrogens (tertiary/aromatic N) is 2. The van der Waals surface area contributed by atoms with Crippen LogP contribution in [-0.4, -0.2) is 60.4 Å². The van der Waals surface area contributed by atoms with Gasteiger partial charge in [-0.05, 0) is 19.0 Å². The zero-order valence-electron chi connectivity index (χ0n) is 12.9. The molecule has 0 radical (unpaired) electrons. The lowest BCUT2D eigenvalue weighted by Crippen LogP contribution is -2.27. The monoisotopic (exact) mass is 323 g/mol. The minimum absolute atomic E-state index is 0.558. The average Bonchev–Trinajstić information content (AvgIpc) is 2.83. The lowest BCUT2D eigenvalue weighted by Gasteiger charge is -2.21. The number of methoxy groups -OCH3 is 1. The molecule has 2 heterocycles. The summed E-state index contributed by atoms with van der Waals surface area (Å²) in [5, 5.41) is 19.0. The molecule has 3 N–H and O–H groups in total. The van der Waals surface area contributed by atoms with Crippen molar-refractivity contribution in [3.8, 4) is 5.88 Å². The molecule has 0 unspecified atom stereocenters. The maximum atomic E-state index is 9.55. The Kier molecular flexibility index (Phi) is 8.16. The van der Waals surface area contributed by atoms with Crippen molar-refractivity contribution in [2.24, 2.45) is 0 Å². The zero-order valence-corrected chi connectivity index (χ0v) is 12.9. The maximum Gasteiger partial charge on any atom is 0.328 e. The molecule has 0 aromatic carbocycles. The lowest BCUT2D eigenvalue weighted by molar-refractivity contribution is -0.134. The van der Waals surface area contributed by atoms with Crippen molar-refractivity contribution in [2.45, 2.75) is 6.42 Å². The second kappa shape index (κ2) is 10.2. The molecular formula is C15H21N3O5. The molecule has 23 heavy (non-hydrogen) atoms. The van der Waals surface area contributed by atoms with Gasteiger partial charge in [-0.1, -0.05) is 0 Å². The summed E-state index contributed by atoms with van der Waals surface area (Å²) in [4.78, 5) is 25.7. The summed E-state index contributed by atoms with van der Waals surface area (Å²) in [5.41, 5.74) is 1.18. The van der Waals surface area contributed by atoms with Crippen LogP contribution in [0.15, 0.2) is 30.5 Å². The number of carboxylic acids is 2. The molecule has 0 amide bonds. The van der Waals surface area contributed by atoms with E-state index in [1.54, 1.807) is 7.11 Å². The first-order valence-corrected chi connectivity index (χ1v) is 7.12. The first-order chi connectivity index (χ1) is 11.0. The summed E-state index contributed by atoms with van der Waals surface area (Å²) < 4.78 is 5.04. The molecule has 2 rings (SSSR count). The Balaban J connectivity index is 0.000000284. The topological polar surface area (TPSA) is 112 Å².